The summed E-state index contributed by atoms with van der Waals surface area (Å²) in [5, 5.41) is 11.3. The van der Waals surface area contributed by atoms with Crippen molar-refractivity contribution in [3.05, 3.63) is 59.7 Å². The summed E-state index contributed by atoms with van der Waals surface area (Å²) in [6.07, 6.45) is -18.4. The first kappa shape index (κ1) is 36.4. The van der Waals surface area contributed by atoms with Gasteiger partial charge in [-0.05, 0) is 48.9 Å². The summed E-state index contributed by atoms with van der Waals surface area (Å²) in [5.41, 5.74) is -0.681. The van der Waals surface area contributed by atoms with Gasteiger partial charge in [0.2, 0.25) is 0 Å². The Labute approximate surface area is 243 Å². The van der Waals surface area contributed by atoms with Gasteiger partial charge in [0, 0.05) is 25.3 Å². The number of halogens is 10. The lowest BCUT2D eigenvalue weighted by Gasteiger charge is -2.29. The number of benzene rings is 2. The van der Waals surface area contributed by atoms with Crippen molar-refractivity contribution in [1.82, 2.24) is 4.90 Å². The van der Waals surface area contributed by atoms with Crippen molar-refractivity contribution < 1.29 is 72.8 Å². The van der Waals surface area contributed by atoms with E-state index in [1.54, 1.807) is 6.92 Å². The van der Waals surface area contributed by atoms with Crippen LogP contribution in [0.15, 0.2) is 48.5 Å². The standard InChI is InChI=1S/C26H26F10N2O6/c1-2-42-20(21(39)40)15-16-3-9-19(10-4-16)43-13-11-38(12-14-44-26(35,36)24(30,31)25(32,33)34)22(41)37-18-7-5-17(6-8-18)23(27,28)29/h3-10,20H,2,11-15H2,1H3,(H,37,41)(H,39,40). The molecule has 2 aromatic rings. The van der Waals surface area contributed by atoms with E-state index >= 15 is 0 Å². The predicted octanol–water partition coefficient (Wildman–Crippen LogP) is 6.46. The van der Waals surface area contributed by atoms with E-state index in [0.717, 1.165) is 12.1 Å². The van der Waals surface area contributed by atoms with E-state index < -0.39 is 67.7 Å². The van der Waals surface area contributed by atoms with Gasteiger partial charge in [0.25, 0.3) is 0 Å². The number of ether oxygens (including phenoxy) is 3. The van der Waals surface area contributed by atoms with Crippen molar-refractivity contribution in [1.29, 1.82) is 0 Å². The van der Waals surface area contributed by atoms with Gasteiger partial charge in [-0.2, -0.15) is 43.9 Å². The van der Waals surface area contributed by atoms with E-state index in [1.165, 1.54) is 24.3 Å². The number of nitrogens with zero attached hydrogens (tertiary/aromatic N) is 1. The first-order valence-corrected chi connectivity index (χ1v) is 12.5. The van der Waals surface area contributed by atoms with Crippen LogP contribution in [0.1, 0.15) is 18.1 Å². The van der Waals surface area contributed by atoms with Crippen molar-refractivity contribution in [2.75, 3.05) is 38.2 Å². The number of urea groups is 1. The minimum absolute atomic E-state index is 0.0272. The number of hydrogen-bond donors (Lipinski definition) is 2. The second-order valence-electron chi connectivity index (χ2n) is 8.91. The van der Waals surface area contributed by atoms with Crippen molar-refractivity contribution >= 4 is 17.7 Å². The molecule has 2 amide bonds. The maximum Gasteiger partial charge on any atom is 0.462 e. The Morgan fingerprint density at radius 2 is 1.43 bits per heavy atom. The van der Waals surface area contributed by atoms with Crippen LogP contribution in [0.5, 0.6) is 5.75 Å². The second kappa shape index (κ2) is 14.8. The number of alkyl halides is 10. The van der Waals surface area contributed by atoms with Crippen LogP contribution in [0.2, 0.25) is 0 Å². The van der Waals surface area contributed by atoms with Crippen LogP contribution >= 0.6 is 0 Å². The molecule has 0 aliphatic rings. The molecule has 2 rings (SSSR count). The van der Waals surface area contributed by atoms with Gasteiger partial charge >= 0.3 is 36.4 Å². The lowest BCUT2D eigenvalue weighted by molar-refractivity contribution is -0.423. The molecular formula is C26H26F10N2O6. The lowest BCUT2D eigenvalue weighted by Crippen LogP contribution is -2.54. The van der Waals surface area contributed by atoms with Crippen molar-refractivity contribution in [3.63, 3.8) is 0 Å². The van der Waals surface area contributed by atoms with Crippen LogP contribution in [0.25, 0.3) is 0 Å². The largest absolute Gasteiger partial charge is 0.492 e. The van der Waals surface area contributed by atoms with Gasteiger partial charge in [0.05, 0.1) is 18.7 Å². The molecule has 0 spiro atoms. The van der Waals surface area contributed by atoms with Gasteiger partial charge in [0.1, 0.15) is 12.4 Å². The highest BCUT2D eigenvalue weighted by Gasteiger charge is 2.74. The van der Waals surface area contributed by atoms with E-state index in [4.69, 9.17) is 9.47 Å². The fraction of sp³-hybridized carbons (Fsp3) is 0.462. The Hall–Kier alpha value is -3.80. The maximum atomic E-state index is 13.5. The Kier molecular flexibility index (Phi) is 12.2. The Bertz CT molecular complexity index is 1220. The molecule has 0 bridgehead atoms. The molecule has 0 heterocycles. The average Bonchev–Trinajstić information content (AvgIpc) is 2.91. The third kappa shape index (κ3) is 10.1. The SMILES string of the molecule is CCOC(Cc1ccc(OCCN(CCOC(F)(F)C(F)(F)C(F)(F)F)C(=O)Nc2ccc(C(F)(F)F)cc2)cc1)C(=O)O. The van der Waals surface area contributed by atoms with Crippen LogP contribution in [0.4, 0.5) is 54.4 Å². The molecule has 246 valence electrons. The quantitative estimate of drug-likeness (QED) is 0.215. The number of carbonyl (C=O) groups is 2. The molecule has 2 aromatic carbocycles. The molecule has 0 aliphatic heterocycles. The summed E-state index contributed by atoms with van der Waals surface area (Å²) < 4.78 is 143. The minimum Gasteiger partial charge on any atom is -0.492 e. The van der Waals surface area contributed by atoms with Crippen molar-refractivity contribution in [3.8, 4) is 5.75 Å². The predicted molar refractivity (Wildman–Crippen MR) is 133 cm³/mol. The molecule has 0 radical (unpaired) electrons. The van der Waals surface area contributed by atoms with Gasteiger partial charge in [-0.15, -0.1) is 0 Å². The zero-order chi connectivity index (χ0) is 33.3. The molecule has 0 fully saturated rings. The fourth-order valence-corrected chi connectivity index (χ4v) is 3.43. The van der Waals surface area contributed by atoms with Crippen molar-refractivity contribution in [2.24, 2.45) is 0 Å². The highest BCUT2D eigenvalue weighted by atomic mass is 19.4. The molecule has 0 aromatic heterocycles. The lowest BCUT2D eigenvalue weighted by atomic mass is 10.1. The van der Waals surface area contributed by atoms with Crippen LogP contribution in [0, 0.1) is 0 Å². The highest BCUT2D eigenvalue weighted by molar-refractivity contribution is 5.89. The molecule has 1 unspecified atom stereocenters. The highest BCUT2D eigenvalue weighted by Crippen LogP contribution is 2.46. The Balaban J connectivity index is 2.09. The molecule has 44 heavy (non-hydrogen) atoms. The summed E-state index contributed by atoms with van der Waals surface area (Å²) in [5.74, 6) is -7.53. The molecule has 0 saturated heterocycles. The van der Waals surface area contributed by atoms with Gasteiger partial charge < -0.3 is 29.5 Å². The molecule has 0 saturated carbocycles. The maximum absolute atomic E-state index is 13.5. The van der Waals surface area contributed by atoms with Gasteiger partial charge in [-0.1, -0.05) is 12.1 Å². The number of rotatable bonds is 15. The third-order valence-corrected chi connectivity index (χ3v) is 5.73. The van der Waals surface area contributed by atoms with E-state index in [2.05, 4.69) is 10.1 Å². The molecule has 18 heteroatoms. The number of anilines is 1. The van der Waals surface area contributed by atoms with Gasteiger partial charge in [-0.25, -0.2) is 9.59 Å². The summed E-state index contributed by atoms with van der Waals surface area (Å²) >= 11 is 0. The number of nitrogens with one attached hydrogen (secondary N) is 1. The second-order valence-corrected chi connectivity index (χ2v) is 8.91. The summed E-state index contributed by atoms with van der Waals surface area (Å²) in [6.45, 7) is -1.55. The van der Waals surface area contributed by atoms with E-state index in [9.17, 15) is 58.6 Å². The third-order valence-electron chi connectivity index (χ3n) is 5.73. The van der Waals surface area contributed by atoms with Gasteiger partial charge in [-0.3, -0.25) is 0 Å². The number of carboxylic acids is 1. The summed E-state index contributed by atoms with van der Waals surface area (Å²) in [6, 6.07) is 7.70. The van der Waals surface area contributed by atoms with Crippen LogP contribution in [-0.4, -0.2) is 79.2 Å². The zero-order valence-electron chi connectivity index (χ0n) is 22.7. The fourth-order valence-electron chi connectivity index (χ4n) is 3.43. The minimum atomic E-state index is -6.64. The Morgan fingerprint density at radius 1 is 0.864 bits per heavy atom. The summed E-state index contributed by atoms with van der Waals surface area (Å²) in [4.78, 5) is 24.6. The van der Waals surface area contributed by atoms with Crippen LogP contribution in [-0.2, 0) is 26.9 Å². The molecular weight excluding hydrogens is 626 g/mol. The number of carbonyl (C=O) groups excluding carboxylic acids is 1. The smallest absolute Gasteiger partial charge is 0.462 e. The first-order valence-electron chi connectivity index (χ1n) is 12.5. The zero-order valence-corrected chi connectivity index (χ0v) is 22.7. The van der Waals surface area contributed by atoms with E-state index in [-0.39, 0.29) is 31.1 Å². The monoisotopic (exact) mass is 652 g/mol. The van der Waals surface area contributed by atoms with Gasteiger partial charge in [0.15, 0.2) is 6.10 Å². The normalized spacial score (nSPS) is 13.3. The van der Waals surface area contributed by atoms with E-state index in [0.29, 0.717) is 22.6 Å². The number of hydrogen-bond acceptors (Lipinski definition) is 5. The first-order chi connectivity index (χ1) is 20.3. The van der Waals surface area contributed by atoms with E-state index in [1.807, 2.05) is 0 Å². The van der Waals surface area contributed by atoms with Crippen LogP contribution in [0.3, 0.4) is 0 Å². The molecule has 0 aliphatic carbocycles. The van der Waals surface area contributed by atoms with Crippen molar-refractivity contribution in [2.45, 2.75) is 43.8 Å². The Morgan fingerprint density at radius 3 is 1.93 bits per heavy atom. The molecule has 2 N–H and O–H groups in total. The van der Waals surface area contributed by atoms with Crippen LogP contribution < -0.4 is 10.1 Å². The average molecular weight is 652 g/mol. The number of carboxylic acid groups (broad SMARTS) is 1. The summed E-state index contributed by atoms with van der Waals surface area (Å²) in [7, 11) is 0. The number of amides is 2. The topological polar surface area (TPSA) is 97.3 Å². The molecule has 1 atom stereocenters. The molecule has 8 nitrogen and oxygen atoms in total. The number of aliphatic carboxylic acids is 1.